The zero-order valence-electron chi connectivity index (χ0n) is 20.5. The zero-order valence-corrected chi connectivity index (χ0v) is 20.5. The number of hydrogen-bond donors (Lipinski definition) is 5. The Morgan fingerprint density at radius 3 is 2.57 bits per heavy atom. The Labute approximate surface area is 214 Å². The van der Waals surface area contributed by atoms with Crippen molar-refractivity contribution in [3.8, 4) is 17.2 Å². The van der Waals surface area contributed by atoms with Gasteiger partial charge in [0.25, 0.3) is 0 Å². The van der Waals surface area contributed by atoms with Crippen molar-refractivity contribution in [3.05, 3.63) is 65.1 Å². The van der Waals surface area contributed by atoms with Gasteiger partial charge in [-0.1, -0.05) is 25.3 Å². The van der Waals surface area contributed by atoms with Crippen molar-refractivity contribution in [1.82, 2.24) is 15.1 Å². The third-order valence-corrected chi connectivity index (χ3v) is 7.38. The molecular formula is C27H31FN4O5. The van der Waals surface area contributed by atoms with Gasteiger partial charge in [-0.25, -0.2) is 4.39 Å². The molecule has 9 nitrogen and oxygen atoms in total. The molecule has 10 heteroatoms. The molecule has 2 aromatic rings. The fourth-order valence-corrected chi connectivity index (χ4v) is 5.28. The first-order valence-corrected chi connectivity index (χ1v) is 12.3. The lowest BCUT2D eigenvalue weighted by atomic mass is 10.0. The highest BCUT2D eigenvalue weighted by Gasteiger charge is 2.34. The van der Waals surface area contributed by atoms with Crippen LogP contribution in [0.1, 0.15) is 35.1 Å². The molecule has 1 unspecified atom stereocenters. The first kappa shape index (κ1) is 24.9. The standard InChI is InChI=1S/C27H31FN4O5/c1-15-22(6-7-23(33)30-15)32-14-19-17(16(32)2)4-3-5-21(19)29-12-18-24(28)20(26(35)27(36)25(18)34)13-31-8-10-37-11-9-31/h3-5,22,29,34-36H,1-2,6-14H2,(H,30,33). The predicted octanol–water partition coefficient (Wildman–Crippen LogP) is 2.97. The number of nitrogens with one attached hydrogen (secondary N) is 2. The van der Waals surface area contributed by atoms with Crippen molar-refractivity contribution in [1.29, 1.82) is 0 Å². The summed E-state index contributed by atoms with van der Waals surface area (Å²) in [6, 6.07) is 5.60. The summed E-state index contributed by atoms with van der Waals surface area (Å²) in [6.07, 6.45) is 1.04. The molecule has 0 spiro atoms. The molecule has 37 heavy (non-hydrogen) atoms. The normalized spacial score (nSPS) is 20.2. The van der Waals surface area contributed by atoms with Crippen LogP contribution >= 0.6 is 0 Å². The molecule has 3 aliphatic rings. The maximum absolute atomic E-state index is 15.6. The van der Waals surface area contributed by atoms with Gasteiger partial charge < -0.3 is 35.6 Å². The third kappa shape index (κ3) is 4.58. The number of benzene rings is 2. The van der Waals surface area contributed by atoms with Crippen LogP contribution in [-0.4, -0.2) is 63.4 Å². The lowest BCUT2D eigenvalue weighted by molar-refractivity contribution is -0.121. The highest BCUT2D eigenvalue weighted by Crippen LogP contribution is 2.44. The molecule has 3 aliphatic heterocycles. The quantitative estimate of drug-likeness (QED) is 0.377. The number of anilines is 1. The molecule has 1 atom stereocenters. The van der Waals surface area contributed by atoms with Crippen LogP contribution in [0.3, 0.4) is 0 Å². The smallest absolute Gasteiger partial charge is 0.224 e. The van der Waals surface area contributed by atoms with Crippen molar-refractivity contribution >= 4 is 17.3 Å². The van der Waals surface area contributed by atoms with Crippen molar-refractivity contribution < 1.29 is 29.2 Å². The number of halogens is 1. The molecule has 196 valence electrons. The summed E-state index contributed by atoms with van der Waals surface area (Å²) in [5.74, 6) is -2.90. The summed E-state index contributed by atoms with van der Waals surface area (Å²) in [6.45, 7) is 10.9. The third-order valence-electron chi connectivity index (χ3n) is 7.38. The van der Waals surface area contributed by atoms with E-state index in [4.69, 9.17) is 4.74 Å². The second-order valence-corrected chi connectivity index (χ2v) is 9.59. The maximum atomic E-state index is 15.6. The van der Waals surface area contributed by atoms with E-state index < -0.39 is 23.1 Å². The number of carbonyl (C=O) groups excluding carboxylic acids is 1. The number of piperidine rings is 1. The molecule has 2 fully saturated rings. The van der Waals surface area contributed by atoms with E-state index >= 15 is 4.39 Å². The topological polar surface area (TPSA) is 118 Å². The van der Waals surface area contributed by atoms with Crippen LogP contribution in [-0.2, 0) is 29.2 Å². The fourth-order valence-electron chi connectivity index (χ4n) is 5.28. The summed E-state index contributed by atoms with van der Waals surface area (Å²) in [4.78, 5) is 15.7. The van der Waals surface area contributed by atoms with E-state index in [2.05, 4.69) is 28.7 Å². The number of fused-ring (bicyclic) bond motifs is 1. The minimum Gasteiger partial charge on any atom is -0.504 e. The van der Waals surface area contributed by atoms with E-state index in [9.17, 15) is 20.1 Å². The van der Waals surface area contributed by atoms with Gasteiger partial charge in [0, 0.05) is 72.9 Å². The lowest BCUT2D eigenvalue weighted by Gasteiger charge is -2.35. The molecule has 0 saturated carbocycles. The molecule has 0 aromatic heterocycles. The van der Waals surface area contributed by atoms with Crippen molar-refractivity contribution in [2.75, 3.05) is 31.6 Å². The van der Waals surface area contributed by atoms with E-state index in [1.54, 1.807) is 0 Å². The first-order valence-electron chi connectivity index (χ1n) is 12.3. The van der Waals surface area contributed by atoms with Crippen LogP contribution in [0.25, 0.3) is 5.70 Å². The Morgan fingerprint density at radius 1 is 1.11 bits per heavy atom. The lowest BCUT2D eigenvalue weighted by Crippen LogP contribution is -2.43. The van der Waals surface area contributed by atoms with Gasteiger partial charge >= 0.3 is 0 Å². The van der Waals surface area contributed by atoms with Gasteiger partial charge in [0.2, 0.25) is 11.7 Å². The van der Waals surface area contributed by atoms with Gasteiger partial charge in [0.05, 0.1) is 24.8 Å². The fraction of sp³-hybridized carbons (Fsp3) is 0.370. The van der Waals surface area contributed by atoms with Crippen LogP contribution in [0.15, 0.2) is 37.1 Å². The number of nitrogens with zero attached hydrogens (tertiary/aromatic N) is 2. The number of phenolic OH excluding ortho intramolecular Hbond substituents is 3. The molecule has 5 rings (SSSR count). The second kappa shape index (κ2) is 9.95. The average molecular weight is 511 g/mol. The Morgan fingerprint density at radius 2 is 1.84 bits per heavy atom. The molecule has 0 aliphatic carbocycles. The largest absolute Gasteiger partial charge is 0.504 e. The molecule has 2 saturated heterocycles. The van der Waals surface area contributed by atoms with Crippen LogP contribution in [0.4, 0.5) is 10.1 Å². The Balaban J connectivity index is 1.38. The van der Waals surface area contributed by atoms with Gasteiger partial charge in [0.15, 0.2) is 11.5 Å². The minimum absolute atomic E-state index is 0.0436. The number of hydrogen-bond acceptors (Lipinski definition) is 8. The van der Waals surface area contributed by atoms with Crippen molar-refractivity contribution in [3.63, 3.8) is 0 Å². The summed E-state index contributed by atoms with van der Waals surface area (Å²) in [7, 11) is 0. The molecule has 1 amide bonds. The number of ether oxygens (including phenoxy) is 1. The van der Waals surface area contributed by atoms with Gasteiger partial charge in [0.1, 0.15) is 5.82 Å². The van der Waals surface area contributed by atoms with E-state index in [-0.39, 0.29) is 36.2 Å². The van der Waals surface area contributed by atoms with E-state index in [1.807, 2.05) is 23.1 Å². The van der Waals surface area contributed by atoms with Crippen LogP contribution in [0.2, 0.25) is 0 Å². The van der Waals surface area contributed by atoms with Crippen LogP contribution in [0, 0.1) is 5.82 Å². The maximum Gasteiger partial charge on any atom is 0.224 e. The Kier molecular flexibility index (Phi) is 6.70. The number of amides is 1. The zero-order chi connectivity index (χ0) is 26.3. The number of aromatic hydroxyl groups is 3. The first-order chi connectivity index (χ1) is 17.8. The summed E-state index contributed by atoms with van der Waals surface area (Å²) in [5.41, 5.74) is 3.87. The molecule has 5 N–H and O–H groups in total. The highest BCUT2D eigenvalue weighted by molar-refractivity contribution is 5.80. The van der Waals surface area contributed by atoms with E-state index in [0.29, 0.717) is 51.4 Å². The molecule has 0 radical (unpaired) electrons. The molecule has 3 heterocycles. The number of rotatable bonds is 6. The summed E-state index contributed by atoms with van der Waals surface area (Å²) >= 11 is 0. The summed E-state index contributed by atoms with van der Waals surface area (Å²) in [5, 5.41) is 37.2. The van der Waals surface area contributed by atoms with E-state index in [0.717, 1.165) is 22.5 Å². The van der Waals surface area contributed by atoms with Gasteiger partial charge in [-0.15, -0.1) is 0 Å². The Bertz CT molecular complexity index is 1270. The molecule has 2 aromatic carbocycles. The predicted molar refractivity (Wildman–Crippen MR) is 136 cm³/mol. The monoisotopic (exact) mass is 510 g/mol. The number of morpholine rings is 1. The second-order valence-electron chi connectivity index (χ2n) is 9.59. The number of phenols is 3. The minimum atomic E-state index is -0.764. The van der Waals surface area contributed by atoms with Crippen LogP contribution < -0.4 is 10.6 Å². The SMILES string of the molecule is C=C1NC(=O)CCC1N1Cc2c(NCc3c(O)c(O)c(O)c(CN4CCOCC4)c3F)cccc2C1=C. The average Bonchev–Trinajstić information content (AvgIpc) is 3.23. The summed E-state index contributed by atoms with van der Waals surface area (Å²) < 4.78 is 20.9. The van der Waals surface area contributed by atoms with Gasteiger partial charge in [-0.2, -0.15) is 0 Å². The highest BCUT2D eigenvalue weighted by atomic mass is 19.1. The van der Waals surface area contributed by atoms with E-state index in [1.165, 1.54) is 0 Å². The molecular weight excluding hydrogens is 479 g/mol. The van der Waals surface area contributed by atoms with Gasteiger partial charge in [-0.05, 0) is 12.5 Å². The van der Waals surface area contributed by atoms with Crippen molar-refractivity contribution in [2.24, 2.45) is 0 Å². The molecule has 0 bridgehead atoms. The van der Waals surface area contributed by atoms with Crippen molar-refractivity contribution in [2.45, 2.75) is 38.5 Å². The van der Waals surface area contributed by atoms with Crippen LogP contribution in [0.5, 0.6) is 17.2 Å². The Hall–Kier alpha value is -3.76. The van der Waals surface area contributed by atoms with Gasteiger partial charge in [-0.3, -0.25) is 9.69 Å². The number of carbonyl (C=O) groups is 1.